The molecular formula is C25H27N3O4S2. The molecule has 0 unspecified atom stereocenters. The van der Waals surface area contributed by atoms with Gasteiger partial charge in [-0.25, -0.2) is 8.42 Å². The van der Waals surface area contributed by atoms with E-state index in [1.54, 1.807) is 66.7 Å². The van der Waals surface area contributed by atoms with Crippen molar-refractivity contribution in [2.45, 2.75) is 25.2 Å². The van der Waals surface area contributed by atoms with Gasteiger partial charge in [0.2, 0.25) is 0 Å². The van der Waals surface area contributed by atoms with E-state index in [4.69, 9.17) is 17.0 Å². The summed E-state index contributed by atoms with van der Waals surface area (Å²) in [6.07, 6.45) is 0.957. The number of thiocarbonyl (C=S) groups is 1. The second kappa shape index (κ2) is 11.6. The van der Waals surface area contributed by atoms with Crippen LogP contribution in [0.15, 0.2) is 83.8 Å². The number of carbonyl (C=O) groups is 1. The van der Waals surface area contributed by atoms with Crippen LogP contribution in [0.25, 0.3) is 0 Å². The number of para-hydroxylation sites is 1. The van der Waals surface area contributed by atoms with Crippen LogP contribution in [-0.2, 0) is 10.0 Å². The number of benzene rings is 3. The van der Waals surface area contributed by atoms with Gasteiger partial charge < -0.3 is 10.1 Å². The number of amides is 1. The van der Waals surface area contributed by atoms with Crippen molar-refractivity contribution in [3.63, 3.8) is 0 Å². The normalized spacial score (nSPS) is 11.0. The maximum Gasteiger partial charge on any atom is 0.261 e. The zero-order chi connectivity index (χ0) is 24.6. The average Bonchev–Trinajstić information content (AvgIpc) is 2.80. The Balaban J connectivity index is 1.53. The predicted molar refractivity (Wildman–Crippen MR) is 139 cm³/mol. The third kappa shape index (κ3) is 7.57. The highest BCUT2D eigenvalue weighted by molar-refractivity contribution is 7.92. The molecule has 3 rings (SSSR count). The Hall–Kier alpha value is -3.43. The summed E-state index contributed by atoms with van der Waals surface area (Å²) in [6.45, 7) is 4.89. The molecule has 0 heterocycles. The number of ether oxygens (including phenoxy) is 1. The van der Waals surface area contributed by atoms with E-state index < -0.39 is 10.0 Å². The molecule has 0 aromatic heterocycles. The molecule has 3 N–H and O–H groups in total. The molecule has 0 radical (unpaired) electrons. The Kier molecular flexibility index (Phi) is 8.61. The van der Waals surface area contributed by atoms with Crippen LogP contribution >= 0.6 is 12.2 Å². The van der Waals surface area contributed by atoms with Crippen molar-refractivity contribution in [1.82, 2.24) is 5.32 Å². The standard InChI is InChI=1S/C25H27N3O4S2/c1-18(2)16-17-32-22-12-8-19(9-13-22)24(29)27-25(33)26-20-10-14-23(15-11-20)34(30,31)28-21-6-4-3-5-7-21/h3-15,18,28H,16-17H2,1-2H3,(H2,26,27,29,33). The molecule has 0 saturated carbocycles. The van der Waals surface area contributed by atoms with Gasteiger partial charge in [0, 0.05) is 16.9 Å². The number of carbonyl (C=O) groups excluding carboxylic acids is 1. The highest BCUT2D eigenvalue weighted by atomic mass is 32.2. The molecule has 0 aliphatic rings. The maximum absolute atomic E-state index is 12.5. The third-order valence-electron chi connectivity index (χ3n) is 4.76. The van der Waals surface area contributed by atoms with Gasteiger partial charge in [-0.05, 0) is 85.2 Å². The number of anilines is 2. The maximum atomic E-state index is 12.5. The Morgan fingerprint density at radius 3 is 2.18 bits per heavy atom. The summed E-state index contributed by atoms with van der Waals surface area (Å²) in [6, 6.07) is 21.5. The fourth-order valence-corrected chi connectivity index (χ4v) is 4.16. The Morgan fingerprint density at radius 2 is 1.56 bits per heavy atom. The molecule has 3 aromatic carbocycles. The summed E-state index contributed by atoms with van der Waals surface area (Å²) >= 11 is 5.21. The first-order chi connectivity index (χ1) is 16.2. The van der Waals surface area contributed by atoms with Crippen LogP contribution < -0.4 is 20.1 Å². The zero-order valence-corrected chi connectivity index (χ0v) is 20.6. The van der Waals surface area contributed by atoms with Gasteiger partial charge in [0.15, 0.2) is 5.11 Å². The topological polar surface area (TPSA) is 96.5 Å². The molecular weight excluding hydrogens is 470 g/mol. The van der Waals surface area contributed by atoms with Gasteiger partial charge in [0.25, 0.3) is 15.9 Å². The smallest absolute Gasteiger partial charge is 0.261 e. The van der Waals surface area contributed by atoms with E-state index >= 15 is 0 Å². The number of rotatable bonds is 9. The first-order valence-electron chi connectivity index (χ1n) is 10.8. The molecule has 0 atom stereocenters. The van der Waals surface area contributed by atoms with Gasteiger partial charge in [-0.1, -0.05) is 32.0 Å². The van der Waals surface area contributed by atoms with Gasteiger partial charge in [-0.2, -0.15) is 0 Å². The van der Waals surface area contributed by atoms with Crippen LogP contribution in [0.2, 0.25) is 0 Å². The Morgan fingerprint density at radius 1 is 0.912 bits per heavy atom. The molecule has 9 heteroatoms. The van der Waals surface area contributed by atoms with Crippen molar-refractivity contribution in [1.29, 1.82) is 0 Å². The van der Waals surface area contributed by atoms with Gasteiger partial charge in [-0.15, -0.1) is 0 Å². The van der Waals surface area contributed by atoms with Crippen LogP contribution in [0.5, 0.6) is 5.75 Å². The summed E-state index contributed by atoms with van der Waals surface area (Å²) < 4.78 is 33.2. The quantitative estimate of drug-likeness (QED) is 0.359. The fourth-order valence-electron chi connectivity index (χ4n) is 2.89. The lowest BCUT2D eigenvalue weighted by atomic mass is 10.1. The van der Waals surface area contributed by atoms with Crippen molar-refractivity contribution in [2.75, 3.05) is 16.6 Å². The molecule has 0 aliphatic heterocycles. The molecule has 34 heavy (non-hydrogen) atoms. The van der Waals surface area contributed by atoms with E-state index in [-0.39, 0.29) is 15.9 Å². The molecule has 0 bridgehead atoms. The predicted octanol–water partition coefficient (Wildman–Crippen LogP) is 5.04. The number of nitrogens with one attached hydrogen (secondary N) is 3. The monoisotopic (exact) mass is 497 g/mol. The largest absolute Gasteiger partial charge is 0.494 e. The minimum atomic E-state index is -3.72. The van der Waals surface area contributed by atoms with E-state index in [1.165, 1.54) is 12.1 Å². The van der Waals surface area contributed by atoms with Crippen LogP contribution in [0, 0.1) is 5.92 Å². The van der Waals surface area contributed by atoms with E-state index in [2.05, 4.69) is 29.2 Å². The molecule has 178 valence electrons. The lowest BCUT2D eigenvalue weighted by Gasteiger charge is -2.12. The van der Waals surface area contributed by atoms with Crippen LogP contribution in [0.1, 0.15) is 30.6 Å². The minimum absolute atomic E-state index is 0.0975. The second-order valence-electron chi connectivity index (χ2n) is 7.96. The van der Waals surface area contributed by atoms with Gasteiger partial charge in [0.05, 0.1) is 11.5 Å². The first kappa shape index (κ1) is 25.2. The van der Waals surface area contributed by atoms with Crippen LogP contribution in [-0.4, -0.2) is 26.0 Å². The highest BCUT2D eigenvalue weighted by Gasteiger charge is 2.14. The number of hydrogen-bond acceptors (Lipinski definition) is 5. The lowest BCUT2D eigenvalue weighted by Crippen LogP contribution is -2.34. The van der Waals surface area contributed by atoms with Gasteiger partial charge >= 0.3 is 0 Å². The van der Waals surface area contributed by atoms with E-state index in [9.17, 15) is 13.2 Å². The fraction of sp³-hybridized carbons (Fsp3) is 0.200. The second-order valence-corrected chi connectivity index (χ2v) is 10.1. The van der Waals surface area contributed by atoms with Gasteiger partial charge in [-0.3, -0.25) is 14.8 Å². The summed E-state index contributed by atoms with van der Waals surface area (Å²) in [5, 5.41) is 5.59. The van der Waals surface area contributed by atoms with Crippen molar-refractivity contribution < 1.29 is 17.9 Å². The Labute approximate surface area is 205 Å². The molecule has 0 saturated heterocycles. The molecule has 0 fully saturated rings. The van der Waals surface area contributed by atoms with E-state index in [1.807, 2.05) is 0 Å². The van der Waals surface area contributed by atoms with Crippen molar-refractivity contribution in [2.24, 2.45) is 5.92 Å². The van der Waals surface area contributed by atoms with Gasteiger partial charge in [0.1, 0.15) is 5.75 Å². The molecule has 7 nitrogen and oxygen atoms in total. The van der Waals surface area contributed by atoms with Crippen molar-refractivity contribution >= 4 is 44.6 Å². The first-order valence-corrected chi connectivity index (χ1v) is 12.7. The number of hydrogen-bond donors (Lipinski definition) is 3. The SMILES string of the molecule is CC(C)CCOc1ccc(C(=O)NC(=S)Nc2ccc(S(=O)(=O)Nc3ccccc3)cc2)cc1. The Bertz CT molecular complexity index is 1210. The summed E-state index contributed by atoms with van der Waals surface area (Å²) in [4.78, 5) is 12.6. The van der Waals surface area contributed by atoms with Crippen LogP contribution in [0.3, 0.4) is 0 Å². The molecule has 1 amide bonds. The van der Waals surface area contributed by atoms with Crippen LogP contribution in [0.4, 0.5) is 11.4 Å². The summed E-state index contributed by atoms with van der Waals surface area (Å²) in [7, 11) is -3.72. The summed E-state index contributed by atoms with van der Waals surface area (Å²) in [5.41, 5.74) is 1.45. The lowest BCUT2D eigenvalue weighted by molar-refractivity contribution is 0.0977. The molecule has 0 spiro atoms. The third-order valence-corrected chi connectivity index (χ3v) is 6.36. The molecule has 0 aliphatic carbocycles. The summed E-state index contributed by atoms with van der Waals surface area (Å²) in [5.74, 6) is 0.900. The van der Waals surface area contributed by atoms with E-state index in [0.717, 1.165) is 6.42 Å². The average molecular weight is 498 g/mol. The zero-order valence-electron chi connectivity index (χ0n) is 18.9. The highest BCUT2D eigenvalue weighted by Crippen LogP contribution is 2.18. The number of sulfonamides is 1. The minimum Gasteiger partial charge on any atom is -0.494 e. The molecule has 3 aromatic rings. The van der Waals surface area contributed by atoms with Crippen molar-refractivity contribution in [3.8, 4) is 5.75 Å². The van der Waals surface area contributed by atoms with E-state index in [0.29, 0.717) is 35.2 Å². The van der Waals surface area contributed by atoms with Crippen molar-refractivity contribution in [3.05, 3.63) is 84.4 Å².